The Morgan fingerprint density at radius 2 is 2.16 bits per heavy atom. The molecule has 0 spiro atoms. The lowest BCUT2D eigenvalue weighted by atomic mass is 10.1. The number of aryl methyl sites for hydroxylation is 1. The number of hydrogen-bond donors (Lipinski definition) is 2. The molecule has 100 valence electrons. The summed E-state index contributed by atoms with van der Waals surface area (Å²) in [7, 11) is 0. The highest BCUT2D eigenvalue weighted by atomic mass is 32.2. The molecule has 1 aliphatic rings. The topological polar surface area (TPSA) is 47.3 Å². The van der Waals surface area contributed by atoms with Crippen LogP contribution in [0.1, 0.15) is 15.8 Å². The van der Waals surface area contributed by atoms with Gasteiger partial charge in [-0.1, -0.05) is 12.1 Å². The molecule has 3 nitrogen and oxygen atoms in total. The van der Waals surface area contributed by atoms with Crippen molar-refractivity contribution >= 4 is 23.1 Å². The van der Waals surface area contributed by atoms with Crippen molar-refractivity contribution in [2.24, 2.45) is 5.84 Å². The minimum absolute atomic E-state index is 0.0413. The van der Waals surface area contributed by atoms with E-state index in [0.29, 0.717) is 0 Å². The van der Waals surface area contributed by atoms with Crippen LogP contribution in [0.3, 0.4) is 0 Å². The van der Waals surface area contributed by atoms with Gasteiger partial charge in [0.25, 0.3) is 0 Å². The third kappa shape index (κ3) is 2.65. The lowest BCUT2D eigenvalue weighted by Gasteiger charge is -2.30. The van der Waals surface area contributed by atoms with Gasteiger partial charge in [-0.05, 0) is 31.2 Å². The molecule has 1 aromatic heterocycles. The summed E-state index contributed by atoms with van der Waals surface area (Å²) in [5.74, 6) is 7.59. The van der Waals surface area contributed by atoms with Crippen molar-refractivity contribution in [3.63, 3.8) is 0 Å². The van der Waals surface area contributed by atoms with E-state index in [1.54, 1.807) is 11.3 Å². The number of thiophene rings is 1. The van der Waals surface area contributed by atoms with Crippen molar-refractivity contribution in [3.8, 4) is 5.75 Å². The molecular formula is C14H16N2OS2. The number of nitrogens with two attached hydrogens (primary N) is 1. The van der Waals surface area contributed by atoms with E-state index < -0.39 is 0 Å². The van der Waals surface area contributed by atoms with E-state index in [4.69, 9.17) is 10.6 Å². The number of hydrogen-bond acceptors (Lipinski definition) is 5. The van der Waals surface area contributed by atoms with E-state index in [0.717, 1.165) is 11.5 Å². The third-order valence-corrected chi connectivity index (χ3v) is 5.38. The lowest BCUT2D eigenvalue weighted by Crippen LogP contribution is -2.41. The highest BCUT2D eigenvalue weighted by molar-refractivity contribution is 7.99. The summed E-state index contributed by atoms with van der Waals surface area (Å²) in [6.45, 7) is 2.10. The molecule has 3 rings (SSSR count). The van der Waals surface area contributed by atoms with Gasteiger partial charge in [0, 0.05) is 20.4 Å². The summed E-state index contributed by atoms with van der Waals surface area (Å²) in [4.78, 5) is 3.72. The van der Waals surface area contributed by atoms with Gasteiger partial charge >= 0.3 is 0 Å². The van der Waals surface area contributed by atoms with Gasteiger partial charge < -0.3 is 4.74 Å². The highest BCUT2D eigenvalue weighted by Crippen LogP contribution is 2.39. The molecule has 19 heavy (non-hydrogen) atoms. The van der Waals surface area contributed by atoms with Crippen molar-refractivity contribution in [2.75, 3.05) is 5.75 Å². The van der Waals surface area contributed by atoms with Crippen molar-refractivity contribution < 1.29 is 4.74 Å². The Bertz CT molecular complexity index is 570. The van der Waals surface area contributed by atoms with Crippen LogP contribution in [0.4, 0.5) is 0 Å². The van der Waals surface area contributed by atoms with Crippen LogP contribution in [0.5, 0.6) is 5.75 Å². The summed E-state index contributed by atoms with van der Waals surface area (Å²) in [6, 6.07) is 12.4. The summed E-state index contributed by atoms with van der Waals surface area (Å²) in [5.41, 5.74) is 2.90. The van der Waals surface area contributed by atoms with Gasteiger partial charge in [-0.2, -0.15) is 0 Å². The second-order valence-corrected chi connectivity index (χ2v) is 6.89. The fraction of sp³-hybridized carbons (Fsp3) is 0.286. The SMILES string of the molecule is Cc1ccc(C(NN)C2CSc3ccccc3O2)s1. The number of thioether (sulfide) groups is 1. The van der Waals surface area contributed by atoms with Crippen LogP contribution in [-0.2, 0) is 0 Å². The maximum absolute atomic E-state index is 6.09. The quantitative estimate of drug-likeness (QED) is 0.674. The Kier molecular flexibility index (Phi) is 3.79. The van der Waals surface area contributed by atoms with E-state index in [2.05, 4.69) is 30.5 Å². The molecule has 0 saturated carbocycles. The summed E-state index contributed by atoms with van der Waals surface area (Å²) in [6.07, 6.45) is 0.0583. The standard InChI is InChI=1S/C14H16N2OS2/c1-9-6-7-13(19-9)14(16-15)11-8-18-12-5-3-2-4-10(12)17-11/h2-7,11,14,16H,8,15H2,1H3. The van der Waals surface area contributed by atoms with E-state index >= 15 is 0 Å². The van der Waals surface area contributed by atoms with Crippen molar-refractivity contribution in [2.45, 2.75) is 24.0 Å². The van der Waals surface area contributed by atoms with Crippen LogP contribution < -0.4 is 16.0 Å². The maximum atomic E-state index is 6.09. The molecule has 1 aromatic carbocycles. The number of hydrazine groups is 1. The predicted octanol–water partition coefficient (Wildman–Crippen LogP) is 3.11. The van der Waals surface area contributed by atoms with Crippen LogP contribution in [-0.4, -0.2) is 11.9 Å². The van der Waals surface area contributed by atoms with Gasteiger partial charge in [0.1, 0.15) is 11.9 Å². The molecule has 0 fully saturated rings. The molecular weight excluding hydrogens is 276 g/mol. The molecule has 0 aliphatic carbocycles. The predicted molar refractivity (Wildman–Crippen MR) is 80.7 cm³/mol. The minimum Gasteiger partial charge on any atom is -0.486 e. The Labute approximate surface area is 121 Å². The van der Waals surface area contributed by atoms with Gasteiger partial charge in [-0.25, -0.2) is 5.43 Å². The molecule has 2 unspecified atom stereocenters. The van der Waals surface area contributed by atoms with Crippen molar-refractivity contribution in [1.29, 1.82) is 0 Å². The Balaban J connectivity index is 1.83. The van der Waals surface area contributed by atoms with Gasteiger partial charge in [0.05, 0.1) is 6.04 Å². The maximum Gasteiger partial charge on any atom is 0.133 e. The molecule has 2 aromatic rings. The zero-order valence-electron chi connectivity index (χ0n) is 10.6. The fourth-order valence-electron chi connectivity index (χ4n) is 2.19. The first kappa shape index (κ1) is 13.0. The van der Waals surface area contributed by atoms with Crippen molar-refractivity contribution in [3.05, 3.63) is 46.2 Å². The molecule has 2 heterocycles. The van der Waals surface area contributed by atoms with Crippen LogP contribution in [0, 0.1) is 6.92 Å². The number of ether oxygens (including phenoxy) is 1. The van der Waals surface area contributed by atoms with Crippen LogP contribution >= 0.6 is 23.1 Å². The van der Waals surface area contributed by atoms with Crippen LogP contribution in [0.15, 0.2) is 41.3 Å². The number of benzene rings is 1. The van der Waals surface area contributed by atoms with E-state index in [-0.39, 0.29) is 12.1 Å². The molecule has 1 aliphatic heterocycles. The molecule has 0 saturated heterocycles. The Morgan fingerprint density at radius 1 is 1.32 bits per heavy atom. The normalized spacial score (nSPS) is 19.6. The Hall–Kier alpha value is -1.01. The second-order valence-electron chi connectivity index (χ2n) is 4.51. The Morgan fingerprint density at radius 3 is 2.89 bits per heavy atom. The first-order valence-corrected chi connectivity index (χ1v) is 7.99. The molecule has 0 amide bonds. The minimum atomic E-state index is 0.0413. The third-order valence-electron chi connectivity index (χ3n) is 3.15. The van der Waals surface area contributed by atoms with Gasteiger partial charge in [-0.15, -0.1) is 23.1 Å². The average molecular weight is 292 g/mol. The number of para-hydroxylation sites is 1. The number of nitrogens with one attached hydrogen (secondary N) is 1. The van der Waals surface area contributed by atoms with Crippen LogP contribution in [0.2, 0.25) is 0 Å². The largest absolute Gasteiger partial charge is 0.486 e. The second kappa shape index (κ2) is 5.54. The molecule has 0 bridgehead atoms. The van der Waals surface area contributed by atoms with Crippen LogP contribution in [0.25, 0.3) is 0 Å². The fourth-order valence-corrected chi connectivity index (χ4v) is 4.22. The summed E-state index contributed by atoms with van der Waals surface area (Å²) < 4.78 is 6.09. The smallest absolute Gasteiger partial charge is 0.133 e. The van der Waals surface area contributed by atoms with Gasteiger partial charge in [-0.3, -0.25) is 5.84 Å². The van der Waals surface area contributed by atoms with Gasteiger partial charge in [0.2, 0.25) is 0 Å². The van der Waals surface area contributed by atoms with Crippen molar-refractivity contribution in [1.82, 2.24) is 5.43 Å². The average Bonchev–Trinajstić information content (AvgIpc) is 2.86. The van der Waals surface area contributed by atoms with E-state index in [1.165, 1.54) is 14.6 Å². The van der Waals surface area contributed by atoms with E-state index in [9.17, 15) is 0 Å². The molecule has 3 N–H and O–H groups in total. The zero-order valence-corrected chi connectivity index (χ0v) is 12.3. The lowest BCUT2D eigenvalue weighted by molar-refractivity contribution is 0.168. The molecule has 0 radical (unpaired) electrons. The van der Waals surface area contributed by atoms with E-state index in [1.807, 2.05) is 30.0 Å². The highest BCUT2D eigenvalue weighted by Gasteiger charge is 2.29. The number of fused-ring (bicyclic) bond motifs is 1. The first-order chi connectivity index (χ1) is 9.28. The monoisotopic (exact) mass is 292 g/mol. The number of rotatable bonds is 3. The summed E-state index contributed by atoms with van der Waals surface area (Å²) >= 11 is 3.59. The zero-order chi connectivity index (χ0) is 13.2. The summed E-state index contributed by atoms with van der Waals surface area (Å²) in [5, 5.41) is 0. The molecule has 5 heteroatoms. The molecule has 2 atom stereocenters. The first-order valence-electron chi connectivity index (χ1n) is 6.19. The van der Waals surface area contributed by atoms with Gasteiger partial charge in [0.15, 0.2) is 0 Å².